The lowest BCUT2D eigenvalue weighted by atomic mass is 10.6. The minimum Gasteiger partial charge on any atom is -0.696 e. The van der Waals surface area contributed by atoms with Gasteiger partial charge < -0.3 is 17.5 Å². The smallest absolute Gasteiger partial charge is 0.298 e. The van der Waals surface area contributed by atoms with Crippen LogP contribution in [0.2, 0.25) is 0 Å². The molecule has 0 rings (SSSR count). The van der Waals surface area contributed by atoms with Gasteiger partial charge in [-0.15, -0.1) is 0 Å². The van der Waals surface area contributed by atoms with Crippen molar-refractivity contribution in [2.45, 2.75) is 0 Å². The molecule has 0 aliphatic heterocycles. The van der Waals surface area contributed by atoms with E-state index in [9.17, 15) is 0 Å². The van der Waals surface area contributed by atoms with Gasteiger partial charge in [-0.3, -0.25) is 4.48 Å². The van der Waals surface area contributed by atoms with Crippen LogP contribution in [-0.2, 0) is 12.6 Å². The van der Waals surface area contributed by atoms with Gasteiger partial charge in [-0.2, -0.15) is 0 Å². The second kappa shape index (κ2) is 6.63. The Balaban J connectivity index is 0. The van der Waals surface area contributed by atoms with E-state index in [2.05, 4.69) is 38.8 Å². The molecule has 0 unspecified atom stereocenters. The number of guanidine groups is 1. The molecule has 0 heterocycles. The SMILES string of the molecule is CN=C(N(C)C)[N+](C)(C)C.N#C[S-]. The van der Waals surface area contributed by atoms with Crippen LogP contribution in [-0.4, -0.2) is 57.6 Å². The summed E-state index contributed by atoms with van der Waals surface area (Å²) in [6, 6.07) is 0. The first-order chi connectivity index (χ1) is 5.81. The summed E-state index contributed by atoms with van der Waals surface area (Å²) in [5.74, 6) is 1.07. The van der Waals surface area contributed by atoms with Crippen molar-refractivity contribution in [3.63, 3.8) is 0 Å². The third-order valence-electron chi connectivity index (χ3n) is 1.20. The van der Waals surface area contributed by atoms with E-state index in [0.29, 0.717) is 0 Å². The first-order valence-electron chi connectivity index (χ1n) is 3.78. The number of nitrogens with zero attached hydrogens (tertiary/aromatic N) is 4. The number of thiocyanates is 1. The summed E-state index contributed by atoms with van der Waals surface area (Å²) < 4.78 is 0.767. The number of hydrogen-bond acceptors (Lipinski definition) is 3. The van der Waals surface area contributed by atoms with E-state index < -0.39 is 0 Å². The van der Waals surface area contributed by atoms with E-state index in [0.717, 1.165) is 10.4 Å². The van der Waals surface area contributed by atoms with Gasteiger partial charge in [0.2, 0.25) is 0 Å². The molecule has 0 aromatic carbocycles. The molecule has 0 N–H and O–H groups in total. The van der Waals surface area contributed by atoms with Crippen molar-refractivity contribution in [1.82, 2.24) is 4.90 Å². The molecule has 0 fully saturated rings. The van der Waals surface area contributed by atoms with Crippen molar-refractivity contribution in [2.75, 3.05) is 42.3 Å². The van der Waals surface area contributed by atoms with Gasteiger partial charge in [0.1, 0.15) is 0 Å². The second-order valence-electron chi connectivity index (χ2n) is 3.52. The number of aliphatic imine (C=N–C) groups is 1. The molecular formula is C8H18N4S. The fraction of sp³-hybridized carbons (Fsp3) is 0.750. The topological polar surface area (TPSA) is 39.4 Å². The standard InChI is InChI=1S/C7H18N3.CHNS/c1-8-7(9(2)3)10(4,5)6;2-1-3/h1-6H3;3H/q+1;/p-1. The third-order valence-corrected chi connectivity index (χ3v) is 1.20. The fourth-order valence-corrected chi connectivity index (χ4v) is 1.10. The Bertz CT molecular complexity index is 197. The molecule has 0 saturated heterocycles. The molecule has 0 aliphatic rings. The average molecular weight is 202 g/mol. The molecular weight excluding hydrogens is 184 g/mol. The summed E-state index contributed by atoms with van der Waals surface area (Å²) in [6.07, 6.45) is 0. The van der Waals surface area contributed by atoms with Crippen LogP contribution in [0.25, 0.3) is 0 Å². The highest BCUT2D eigenvalue weighted by Gasteiger charge is 2.18. The van der Waals surface area contributed by atoms with Crippen molar-refractivity contribution in [3.05, 3.63) is 0 Å². The quantitative estimate of drug-likeness (QED) is 0.186. The maximum absolute atomic E-state index is 7.13. The van der Waals surface area contributed by atoms with Crippen molar-refractivity contribution in [3.8, 4) is 5.40 Å². The van der Waals surface area contributed by atoms with Crippen molar-refractivity contribution in [2.24, 2.45) is 4.99 Å². The minimum absolute atomic E-state index is 0.767. The van der Waals surface area contributed by atoms with E-state index >= 15 is 0 Å². The monoisotopic (exact) mass is 202 g/mol. The maximum Gasteiger partial charge on any atom is 0.298 e. The zero-order valence-electron chi connectivity index (χ0n) is 9.20. The van der Waals surface area contributed by atoms with E-state index in [1.165, 1.54) is 5.40 Å². The van der Waals surface area contributed by atoms with Gasteiger partial charge in [0, 0.05) is 21.1 Å². The lowest BCUT2D eigenvalue weighted by Gasteiger charge is -2.28. The Morgan fingerprint density at radius 3 is 1.69 bits per heavy atom. The first kappa shape index (κ1) is 14.7. The Kier molecular flexibility index (Phi) is 7.48. The summed E-state index contributed by atoms with van der Waals surface area (Å²) in [4.78, 5) is 6.20. The third kappa shape index (κ3) is 7.50. The van der Waals surface area contributed by atoms with Crippen LogP contribution in [0.4, 0.5) is 0 Å². The largest absolute Gasteiger partial charge is 0.696 e. The molecule has 0 aromatic rings. The van der Waals surface area contributed by atoms with Crippen LogP contribution in [0.1, 0.15) is 0 Å². The highest BCUT2D eigenvalue weighted by atomic mass is 32.1. The summed E-state index contributed by atoms with van der Waals surface area (Å²) >= 11 is 3.70. The summed E-state index contributed by atoms with van der Waals surface area (Å²) in [5.41, 5.74) is 0. The number of nitriles is 1. The molecule has 4 nitrogen and oxygen atoms in total. The van der Waals surface area contributed by atoms with E-state index in [4.69, 9.17) is 5.26 Å². The predicted octanol–water partition coefficient (Wildman–Crippen LogP) is 0.254. The van der Waals surface area contributed by atoms with Gasteiger partial charge in [0.15, 0.2) is 0 Å². The molecule has 0 spiro atoms. The van der Waals surface area contributed by atoms with Crippen molar-refractivity contribution < 1.29 is 4.48 Å². The van der Waals surface area contributed by atoms with Crippen molar-refractivity contribution >= 4 is 18.6 Å². The number of quaternary nitrogens is 1. The molecule has 0 radical (unpaired) electrons. The normalized spacial score (nSPS) is 11.0. The van der Waals surface area contributed by atoms with Crippen LogP contribution in [0.5, 0.6) is 0 Å². The predicted molar refractivity (Wildman–Crippen MR) is 58.1 cm³/mol. The Hall–Kier alpha value is -0.860. The van der Waals surface area contributed by atoms with Crippen LogP contribution >= 0.6 is 0 Å². The molecule has 0 bridgehead atoms. The Morgan fingerprint density at radius 2 is 1.69 bits per heavy atom. The number of hydrogen-bond donors (Lipinski definition) is 0. The molecule has 0 atom stereocenters. The molecule has 0 aliphatic carbocycles. The number of rotatable bonds is 0. The Labute approximate surface area is 86.5 Å². The summed E-state index contributed by atoms with van der Waals surface area (Å²) in [6.45, 7) is 0. The van der Waals surface area contributed by atoms with Crippen molar-refractivity contribution in [1.29, 1.82) is 5.26 Å². The second-order valence-corrected chi connectivity index (χ2v) is 3.70. The van der Waals surface area contributed by atoms with Gasteiger partial charge in [-0.1, -0.05) is 5.40 Å². The van der Waals surface area contributed by atoms with E-state index in [1.54, 1.807) is 0 Å². The van der Waals surface area contributed by atoms with Gasteiger partial charge in [0.05, 0.1) is 21.1 Å². The fourth-order valence-electron chi connectivity index (χ4n) is 1.10. The van der Waals surface area contributed by atoms with Gasteiger partial charge in [-0.05, 0) is 0 Å². The zero-order chi connectivity index (χ0) is 11.1. The average Bonchev–Trinajstić information content (AvgIpc) is 1.85. The maximum atomic E-state index is 7.13. The van der Waals surface area contributed by atoms with Crippen LogP contribution < -0.4 is 0 Å². The summed E-state index contributed by atoms with van der Waals surface area (Å²) in [7, 11) is 12.1. The molecule has 0 amide bonds. The highest BCUT2D eigenvalue weighted by Crippen LogP contribution is 1.96. The Morgan fingerprint density at radius 1 is 1.38 bits per heavy atom. The van der Waals surface area contributed by atoms with E-state index in [1.807, 2.05) is 26.0 Å². The van der Waals surface area contributed by atoms with Gasteiger partial charge >= 0.3 is 0 Å². The van der Waals surface area contributed by atoms with Crippen LogP contribution in [0.15, 0.2) is 4.99 Å². The molecule has 5 heteroatoms. The lowest BCUT2D eigenvalue weighted by Crippen LogP contribution is -2.48. The van der Waals surface area contributed by atoms with Gasteiger partial charge in [0.25, 0.3) is 5.96 Å². The highest BCUT2D eigenvalue weighted by molar-refractivity contribution is 7.64. The molecule has 0 saturated carbocycles. The van der Waals surface area contributed by atoms with Crippen LogP contribution in [0, 0.1) is 10.7 Å². The van der Waals surface area contributed by atoms with E-state index in [-0.39, 0.29) is 0 Å². The molecule has 76 valence electrons. The van der Waals surface area contributed by atoms with Gasteiger partial charge in [-0.25, -0.2) is 10.3 Å². The minimum atomic E-state index is 0.767. The summed E-state index contributed by atoms with van der Waals surface area (Å²) in [5, 5.41) is 8.47. The molecule has 13 heavy (non-hydrogen) atoms. The first-order valence-corrected chi connectivity index (χ1v) is 4.19. The van der Waals surface area contributed by atoms with Crippen LogP contribution in [0.3, 0.4) is 0 Å². The molecule has 0 aromatic heterocycles. The lowest BCUT2D eigenvalue weighted by molar-refractivity contribution is -0.782. The zero-order valence-corrected chi connectivity index (χ0v) is 10.0.